The molecule has 2 aromatic heterocycles. The molecule has 0 atom stereocenters. The fourth-order valence-corrected chi connectivity index (χ4v) is 4.90. The van der Waals surface area contributed by atoms with Gasteiger partial charge in [-0.05, 0) is 49.4 Å². The van der Waals surface area contributed by atoms with Crippen molar-refractivity contribution in [2.75, 3.05) is 11.9 Å². The number of aromatic nitrogens is 2. The van der Waals surface area contributed by atoms with E-state index in [9.17, 15) is 19.2 Å². The molecule has 0 fully saturated rings. The Hall–Kier alpha value is -4.18. The quantitative estimate of drug-likeness (QED) is 0.305. The topological polar surface area (TPSA) is 111 Å². The Kier molecular flexibility index (Phi) is 8.75. The number of nitrogens with zero attached hydrogens (tertiary/aromatic N) is 2. The molecule has 0 aliphatic rings. The first-order valence-electron chi connectivity index (χ1n) is 12.4. The Morgan fingerprint density at radius 2 is 1.74 bits per heavy atom. The standard InChI is InChI=1S/C28H30N4O5S/c1-3-37-23-8-5-4-7-21(23)30-25(34)18-32-22-14-16-38-26(22)27(35)31(28(32)36)15-6-9-24(33)29-17-20-12-10-19(2)11-13-20/h4-5,7-8,10-14,16H,3,6,9,15,17-18H2,1-2H3,(H,29,33)(H,30,34). The average molecular weight is 535 g/mol. The summed E-state index contributed by atoms with van der Waals surface area (Å²) in [5, 5.41) is 7.37. The average Bonchev–Trinajstić information content (AvgIpc) is 3.40. The van der Waals surface area contributed by atoms with Gasteiger partial charge in [0.2, 0.25) is 11.8 Å². The van der Waals surface area contributed by atoms with Crippen LogP contribution in [-0.2, 0) is 29.2 Å². The molecule has 0 radical (unpaired) electrons. The summed E-state index contributed by atoms with van der Waals surface area (Å²) >= 11 is 1.21. The maximum Gasteiger partial charge on any atom is 0.332 e. The molecule has 198 valence electrons. The Morgan fingerprint density at radius 3 is 2.50 bits per heavy atom. The van der Waals surface area contributed by atoms with Crippen LogP contribution >= 0.6 is 11.3 Å². The van der Waals surface area contributed by atoms with E-state index in [4.69, 9.17) is 4.74 Å². The predicted octanol–water partition coefficient (Wildman–Crippen LogP) is 3.67. The summed E-state index contributed by atoms with van der Waals surface area (Å²) in [5.41, 5.74) is 2.04. The van der Waals surface area contributed by atoms with Crippen LogP contribution in [0.2, 0.25) is 0 Å². The van der Waals surface area contributed by atoms with Crippen molar-refractivity contribution in [3.8, 4) is 5.75 Å². The van der Waals surface area contributed by atoms with Crippen LogP contribution in [0, 0.1) is 6.92 Å². The van der Waals surface area contributed by atoms with Crippen LogP contribution in [0.5, 0.6) is 5.75 Å². The number of carbonyl (C=O) groups is 2. The summed E-state index contributed by atoms with van der Waals surface area (Å²) in [6, 6.07) is 16.6. The van der Waals surface area contributed by atoms with Gasteiger partial charge in [-0.25, -0.2) is 4.79 Å². The lowest BCUT2D eigenvalue weighted by Gasteiger charge is -2.14. The number of hydrogen-bond donors (Lipinski definition) is 2. The van der Waals surface area contributed by atoms with Gasteiger partial charge < -0.3 is 15.4 Å². The summed E-state index contributed by atoms with van der Waals surface area (Å²) in [5.74, 6) is -0.0575. The number of ether oxygens (including phenoxy) is 1. The normalized spacial score (nSPS) is 10.9. The molecule has 0 bridgehead atoms. The van der Waals surface area contributed by atoms with Gasteiger partial charge in [-0.2, -0.15) is 0 Å². The summed E-state index contributed by atoms with van der Waals surface area (Å²) in [6.07, 6.45) is 0.467. The van der Waals surface area contributed by atoms with Gasteiger partial charge >= 0.3 is 5.69 Å². The van der Waals surface area contributed by atoms with Gasteiger partial charge in [0.25, 0.3) is 5.56 Å². The molecular weight excluding hydrogens is 504 g/mol. The third-order valence-corrected chi connectivity index (χ3v) is 6.89. The first-order chi connectivity index (χ1) is 18.4. The van der Waals surface area contributed by atoms with Crippen molar-refractivity contribution < 1.29 is 14.3 Å². The smallest absolute Gasteiger partial charge is 0.332 e. The van der Waals surface area contributed by atoms with Gasteiger partial charge in [-0.3, -0.25) is 23.5 Å². The summed E-state index contributed by atoms with van der Waals surface area (Å²) in [4.78, 5) is 51.5. The molecular formula is C28H30N4O5S. The van der Waals surface area contributed by atoms with E-state index >= 15 is 0 Å². The van der Waals surface area contributed by atoms with Crippen LogP contribution in [0.4, 0.5) is 5.69 Å². The molecule has 0 saturated heterocycles. The molecule has 2 amide bonds. The van der Waals surface area contributed by atoms with Crippen LogP contribution in [0.3, 0.4) is 0 Å². The highest BCUT2D eigenvalue weighted by Crippen LogP contribution is 2.24. The molecule has 10 heteroatoms. The Bertz CT molecular complexity index is 1550. The number of hydrogen-bond acceptors (Lipinski definition) is 6. The molecule has 2 aromatic carbocycles. The maximum atomic E-state index is 13.3. The number of benzene rings is 2. The number of carbonyl (C=O) groups excluding carboxylic acids is 2. The van der Waals surface area contributed by atoms with E-state index in [1.54, 1.807) is 35.7 Å². The van der Waals surface area contributed by atoms with Crippen molar-refractivity contribution in [2.24, 2.45) is 0 Å². The third-order valence-electron chi connectivity index (χ3n) is 5.99. The van der Waals surface area contributed by atoms with Gasteiger partial charge in [0, 0.05) is 19.5 Å². The van der Waals surface area contributed by atoms with Crippen molar-refractivity contribution in [1.82, 2.24) is 14.5 Å². The van der Waals surface area contributed by atoms with Crippen molar-refractivity contribution in [3.63, 3.8) is 0 Å². The molecule has 38 heavy (non-hydrogen) atoms. The molecule has 4 aromatic rings. The zero-order valence-corrected chi connectivity index (χ0v) is 22.2. The number of amides is 2. The largest absolute Gasteiger partial charge is 0.492 e. The summed E-state index contributed by atoms with van der Waals surface area (Å²) < 4.78 is 8.34. The van der Waals surface area contributed by atoms with Gasteiger partial charge in [0.1, 0.15) is 17.0 Å². The van der Waals surface area contributed by atoms with Crippen molar-refractivity contribution in [2.45, 2.75) is 46.3 Å². The molecule has 0 aliphatic carbocycles. The molecule has 2 N–H and O–H groups in total. The van der Waals surface area contributed by atoms with Gasteiger partial charge in [0.05, 0.1) is 17.8 Å². The highest BCUT2D eigenvalue weighted by Gasteiger charge is 2.17. The van der Waals surface area contributed by atoms with Crippen LogP contribution in [0.1, 0.15) is 30.9 Å². The second-order valence-corrected chi connectivity index (χ2v) is 9.72. The molecule has 9 nitrogen and oxygen atoms in total. The fraction of sp³-hybridized carbons (Fsp3) is 0.286. The van der Waals surface area contributed by atoms with E-state index in [1.165, 1.54) is 15.9 Å². The molecule has 2 heterocycles. The van der Waals surface area contributed by atoms with Crippen LogP contribution in [0.25, 0.3) is 10.2 Å². The van der Waals surface area contributed by atoms with E-state index in [0.29, 0.717) is 41.2 Å². The zero-order chi connectivity index (χ0) is 27.1. The fourth-order valence-electron chi connectivity index (χ4n) is 4.06. The Balaban J connectivity index is 1.45. The molecule has 4 rings (SSSR count). The maximum absolute atomic E-state index is 13.3. The second kappa shape index (κ2) is 12.4. The van der Waals surface area contributed by atoms with Gasteiger partial charge in [0.15, 0.2) is 0 Å². The summed E-state index contributed by atoms with van der Waals surface area (Å²) in [6.45, 7) is 4.50. The highest BCUT2D eigenvalue weighted by atomic mass is 32.1. The minimum atomic E-state index is -0.589. The number of nitrogens with one attached hydrogen (secondary N) is 2. The SMILES string of the molecule is CCOc1ccccc1NC(=O)Cn1c(=O)n(CCCC(=O)NCc2ccc(C)cc2)c(=O)c2sccc21. The van der Waals surface area contributed by atoms with Crippen molar-refractivity contribution in [3.05, 3.63) is 91.9 Å². The zero-order valence-electron chi connectivity index (χ0n) is 21.4. The molecule has 0 saturated carbocycles. The van der Waals surface area contributed by atoms with Crippen LogP contribution in [0.15, 0.2) is 69.6 Å². The number of para-hydroxylation sites is 2. The molecule has 0 aliphatic heterocycles. The number of fused-ring (bicyclic) bond motifs is 1. The minimum Gasteiger partial charge on any atom is -0.492 e. The van der Waals surface area contributed by atoms with Gasteiger partial charge in [-0.15, -0.1) is 11.3 Å². The Labute approximate surface area is 223 Å². The number of thiophene rings is 1. The minimum absolute atomic E-state index is 0.0677. The van der Waals surface area contributed by atoms with Crippen molar-refractivity contribution >= 4 is 39.1 Å². The highest BCUT2D eigenvalue weighted by molar-refractivity contribution is 7.17. The van der Waals surface area contributed by atoms with Gasteiger partial charge in [-0.1, -0.05) is 42.0 Å². The van der Waals surface area contributed by atoms with Crippen molar-refractivity contribution in [1.29, 1.82) is 0 Å². The lowest BCUT2D eigenvalue weighted by molar-refractivity contribution is -0.121. The lowest BCUT2D eigenvalue weighted by atomic mass is 10.1. The van der Waals surface area contributed by atoms with Crippen LogP contribution in [-0.4, -0.2) is 27.6 Å². The van der Waals surface area contributed by atoms with E-state index in [2.05, 4.69) is 10.6 Å². The Morgan fingerprint density at radius 1 is 0.974 bits per heavy atom. The first kappa shape index (κ1) is 26.9. The summed E-state index contributed by atoms with van der Waals surface area (Å²) in [7, 11) is 0. The second-order valence-electron chi connectivity index (χ2n) is 8.80. The third kappa shape index (κ3) is 6.38. The van der Waals surface area contributed by atoms with E-state index in [-0.39, 0.29) is 25.4 Å². The monoisotopic (exact) mass is 534 g/mol. The molecule has 0 spiro atoms. The van der Waals surface area contributed by atoms with E-state index in [0.717, 1.165) is 15.7 Å². The van der Waals surface area contributed by atoms with E-state index < -0.39 is 17.2 Å². The predicted molar refractivity (Wildman–Crippen MR) is 149 cm³/mol. The van der Waals surface area contributed by atoms with E-state index in [1.807, 2.05) is 38.1 Å². The van der Waals surface area contributed by atoms with Crippen LogP contribution < -0.4 is 26.6 Å². The first-order valence-corrected chi connectivity index (χ1v) is 13.3. The number of rotatable bonds is 11. The number of aryl methyl sites for hydroxylation is 1. The number of anilines is 1. The lowest BCUT2D eigenvalue weighted by Crippen LogP contribution is -2.41. The molecule has 0 unspecified atom stereocenters.